The molecule has 0 unspecified atom stereocenters. The molecule has 1 saturated carbocycles. The minimum absolute atomic E-state index is 0.474. The molecular weight excluding hydrogens is 512 g/mol. The summed E-state index contributed by atoms with van der Waals surface area (Å²) in [5.41, 5.74) is 3.02. The Hall–Kier alpha value is 0.837. The van der Waals surface area contributed by atoms with Crippen LogP contribution in [0.15, 0.2) is 24.3 Å². The Balaban J connectivity index is 1.68. The molecule has 0 N–H and O–H groups in total. The highest BCUT2D eigenvalue weighted by Gasteiger charge is 2.24. The van der Waals surface area contributed by atoms with Crippen molar-refractivity contribution in [3.63, 3.8) is 0 Å². The van der Waals surface area contributed by atoms with Crippen LogP contribution in [-0.2, 0) is 11.2 Å². The second-order valence-corrected chi connectivity index (χ2v) is 30.4. The van der Waals surface area contributed by atoms with Gasteiger partial charge in [0.2, 0.25) is 0 Å². The van der Waals surface area contributed by atoms with Crippen LogP contribution in [-0.4, -0.2) is 16.6 Å². The lowest BCUT2D eigenvalue weighted by atomic mass is 9.82. The SMILES string of the molecule is CCCCc1ccc(C2CCC(OCCC[Si](Br)(Br)Br)CC2)cc1. The predicted octanol–water partition coefficient (Wildman–Crippen LogP) is 7.59. The second kappa shape index (κ2) is 10.9. The first-order valence-corrected chi connectivity index (χ1v) is 18.2. The van der Waals surface area contributed by atoms with Crippen LogP contribution in [0.2, 0.25) is 6.04 Å². The molecular formula is C19H29Br3OSi. The first kappa shape index (κ1) is 21.1. The quantitative estimate of drug-likeness (QED) is 0.178. The predicted molar refractivity (Wildman–Crippen MR) is 118 cm³/mol. The lowest BCUT2D eigenvalue weighted by molar-refractivity contribution is 0.0251. The molecule has 0 amide bonds. The maximum absolute atomic E-state index is 6.09. The van der Waals surface area contributed by atoms with Gasteiger partial charge in [0, 0.05) is 6.61 Å². The standard InChI is InChI=1S/C19H29Br3OSi/c1-2-3-5-16-6-8-17(9-7-16)18-10-12-19(13-11-18)23-14-4-15-24(20,21)22/h6-9,18-19H,2-5,10-15H2,1H3. The van der Waals surface area contributed by atoms with Gasteiger partial charge in [0.25, 0.3) is 3.93 Å². The van der Waals surface area contributed by atoms with Crippen LogP contribution in [0.4, 0.5) is 0 Å². The summed E-state index contributed by atoms with van der Waals surface area (Å²) in [7, 11) is 0. The third kappa shape index (κ3) is 8.03. The fourth-order valence-electron chi connectivity index (χ4n) is 3.42. The fraction of sp³-hybridized carbons (Fsp3) is 0.684. The van der Waals surface area contributed by atoms with Crippen molar-refractivity contribution < 1.29 is 4.74 Å². The normalized spacial score (nSPS) is 21.8. The maximum Gasteiger partial charge on any atom is 0.267 e. The third-order valence-corrected chi connectivity index (χ3v) is 9.39. The van der Waals surface area contributed by atoms with E-state index < -0.39 is 3.93 Å². The second-order valence-electron chi connectivity index (χ2n) is 6.91. The van der Waals surface area contributed by atoms with Gasteiger partial charge in [-0.25, -0.2) is 0 Å². The van der Waals surface area contributed by atoms with E-state index in [9.17, 15) is 0 Å². The Kier molecular flexibility index (Phi) is 9.56. The largest absolute Gasteiger partial charge is 0.378 e. The van der Waals surface area contributed by atoms with Gasteiger partial charge in [0.05, 0.1) is 6.10 Å². The number of aryl methyl sites for hydroxylation is 1. The van der Waals surface area contributed by atoms with E-state index in [1.54, 1.807) is 0 Å². The van der Waals surface area contributed by atoms with Crippen LogP contribution >= 0.6 is 45.9 Å². The van der Waals surface area contributed by atoms with Gasteiger partial charge >= 0.3 is 0 Å². The molecule has 1 aromatic rings. The minimum Gasteiger partial charge on any atom is -0.378 e. The number of hydrogen-bond donors (Lipinski definition) is 0. The summed E-state index contributed by atoms with van der Waals surface area (Å²) in [4.78, 5) is 0. The van der Waals surface area contributed by atoms with E-state index in [0.717, 1.165) is 25.0 Å². The summed E-state index contributed by atoms with van der Waals surface area (Å²) in [5, 5.41) is 0. The van der Waals surface area contributed by atoms with Crippen molar-refractivity contribution in [2.45, 2.75) is 76.4 Å². The van der Waals surface area contributed by atoms with E-state index >= 15 is 0 Å². The Morgan fingerprint density at radius 2 is 1.67 bits per heavy atom. The van der Waals surface area contributed by atoms with Crippen molar-refractivity contribution in [1.82, 2.24) is 0 Å². The highest BCUT2D eigenvalue weighted by Crippen LogP contribution is 2.35. The van der Waals surface area contributed by atoms with Gasteiger partial charge in [0.1, 0.15) is 0 Å². The minimum atomic E-state index is -1.45. The zero-order chi connectivity index (χ0) is 17.4. The van der Waals surface area contributed by atoms with Gasteiger partial charge in [-0.3, -0.25) is 0 Å². The smallest absolute Gasteiger partial charge is 0.267 e. The Morgan fingerprint density at radius 1 is 1.00 bits per heavy atom. The van der Waals surface area contributed by atoms with Crippen LogP contribution in [0.5, 0.6) is 0 Å². The van der Waals surface area contributed by atoms with Crippen molar-refractivity contribution in [2.24, 2.45) is 0 Å². The van der Waals surface area contributed by atoms with Gasteiger partial charge in [0.15, 0.2) is 0 Å². The van der Waals surface area contributed by atoms with Gasteiger partial charge in [-0.15, -0.1) is 0 Å². The number of halogens is 3. The van der Waals surface area contributed by atoms with E-state index in [-0.39, 0.29) is 0 Å². The van der Waals surface area contributed by atoms with Gasteiger partial charge in [-0.1, -0.05) is 83.5 Å². The van der Waals surface area contributed by atoms with E-state index in [1.165, 1.54) is 56.1 Å². The fourth-order valence-corrected chi connectivity index (χ4v) is 6.49. The average Bonchev–Trinajstić information content (AvgIpc) is 2.57. The number of hydrogen-bond acceptors (Lipinski definition) is 1. The summed E-state index contributed by atoms with van der Waals surface area (Å²) < 4.78 is 4.63. The summed E-state index contributed by atoms with van der Waals surface area (Å²) in [6.45, 7) is 3.14. The van der Waals surface area contributed by atoms with E-state index in [0.29, 0.717) is 6.10 Å². The topological polar surface area (TPSA) is 9.23 Å². The first-order valence-electron chi connectivity index (χ1n) is 9.25. The van der Waals surface area contributed by atoms with Crippen LogP contribution in [0.25, 0.3) is 0 Å². The molecule has 5 heteroatoms. The monoisotopic (exact) mass is 538 g/mol. The molecule has 0 aromatic heterocycles. The molecule has 2 rings (SSSR count). The summed E-state index contributed by atoms with van der Waals surface area (Å²) in [5.74, 6) is 0.734. The molecule has 1 aliphatic rings. The summed E-state index contributed by atoms with van der Waals surface area (Å²) in [6, 6.07) is 10.5. The van der Waals surface area contributed by atoms with E-state index in [4.69, 9.17) is 4.74 Å². The molecule has 136 valence electrons. The number of unbranched alkanes of at least 4 members (excludes halogenated alkanes) is 1. The first-order chi connectivity index (χ1) is 11.5. The summed E-state index contributed by atoms with van der Waals surface area (Å²) in [6.07, 6.45) is 10.3. The van der Waals surface area contributed by atoms with Crippen LogP contribution in [0, 0.1) is 0 Å². The number of benzene rings is 1. The molecule has 24 heavy (non-hydrogen) atoms. The average molecular weight is 541 g/mol. The van der Waals surface area contributed by atoms with Gasteiger partial charge in [-0.05, 0) is 68.0 Å². The maximum atomic E-state index is 6.09. The molecule has 0 bridgehead atoms. The van der Waals surface area contributed by atoms with Crippen molar-refractivity contribution in [3.05, 3.63) is 35.4 Å². The molecule has 1 fully saturated rings. The summed E-state index contributed by atoms with van der Waals surface area (Å²) >= 11 is 11.0. The van der Waals surface area contributed by atoms with Crippen molar-refractivity contribution in [3.8, 4) is 0 Å². The third-order valence-electron chi connectivity index (χ3n) is 4.90. The molecule has 1 nitrogen and oxygen atoms in total. The lowest BCUT2D eigenvalue weighted by Crippen LogP contribution is -2.21. The van der Waals surface area contributed by atoms with Gasteiger partial charge in [-0.2, -0.15) is 0 Å². The molecule has 0 heterocycles. The lowest BCUT2D eigenvalue weighted by Gasteiger charge is -2.29. The van der Waals surface area contributed by atoms with E-state index in [1.807, 2.05) is 0 Å². The zero-order valence-electron chi connectivity index (χ0n) is 14.6. The van der Waals surface area contributed by atoms with Crippen molar-refractivity contribution in [1.29, 1.82) is 0 Å². The van der Waals surface area contributed by atoms with Crippen LogP contribution < -0.4 is 0 Å². The van der Waals surface area contributed by atoms with E-state index in [2.05, 4.69) is 77.1 Å². The number of rotatable bonds is 9. The molecule has 0 spiro atoms. The van der Waals surface area contributed by atoms with Gasteiger partial charge < -0.3 is 4.74 Å². The molecule has 1 aliphatic carbocycles. The highest BCUT2D eigenvalue weighted by atomic mass is 80.0. The van der Waals surface area contributed by atoms with Crippen molar-refractivity contribution in [2.75, 3.05) is 6.61 Å². The Bertz CT molecular complexity index is 464. The van der Waals surface area contributed by atoms with Crippen molar-refractivity contribution >= 4 is 49.8 Å². The highest BCUT2D eigenvalue weighted by molar-refractivity contribution is 9.72. The van der Waals surface area contributed by atoms with Crippen LogP contribution in [0.3, 0.4) is 0 Å². The molecule has 1 aromatic carbocycles. The molecule has 0 atom stereocenters. The molecule has 0 saturated heterocycles. The van der Waals surface area contributed by atoms with Crippen LogP contribution in [0.1, 0.15) is 68.9 Å². The molecule has 0 radical (unpaired) electrons. The number of ether oxygens (including phenoxy) is 1. The zero-order valence-corrected chi connectivity index (χ0v) is 20.3. The Labute approximate surface area is 172 Å². The molecule has 0 aliphatic heterocycles. The Morgan fingerprint density at radius 3 is 2.25 bits per heavy atom.